The van der Waals surface area contributed by atoms with Crippen molar-refractivity contribution in [2.45, 2.75) is 25.0 Å². The number of nitrogens with zero attached hydrogens (tertiary/aromatic N) is 5. The molecular weight excluding hydrogens is 460 g/mol. The van der Waals surface area contributed by atoms with E-state index in [1.807, 2.05) is 24.3 Å². The first-order chi connectivity index (χ1) is 17.5. The van der Waals surface area contributed by atoms with Crippen molar-refractivity contribution in [2.75, 3.05) is 62.5 Å². The lowest BCUT2D eigenvalue weighted by atomic mass is 10.0. The second-order valence-electron chi connectivity index (χ2n) is 9.73. The molecular formula is C26H30N6O4. The van der Waals surface area contributed by atoms with E-state index in [2.05, 4.69) is 16.7 Å². The molecule has 1 amide bonds. The molecule has 3 aromatic rings. The molecule has 5 heterocycles. The Morgan fingerprint density at radius 1 is 1.08 bits per heavy atom. The summed E-state index contributed by atoms with van der Waals surface area (Å²) in [4.78, 5) is 31.1. The summed E-state index contributed by atoms with van der Waals surface area (Å²) in [6, 6.07) is 11.3. The first-order valence-electron chi connectivity index (χ1n) is 12.4. The highest BCUT2D eigenvalue weighted by molar-refractivity contribution is 5.94. The summed E-state index contributed by atoms with van der Waals surface area (Å²) in [6.45, 7) is 7.45. The highest BCUT2D eigenvalue weighted by atomic mass is 16.6. The van der Waals surface area contributed by atoms with Crippen LogP contribution in [0.4, 0.5) is 11.8 Å². The average molecular weight is 491 g/mol. The van der Waals surface area contributed by atoms with E-state index >= 15 is 0 Å². The molecule has 1 spiro atoms. The van der Waals surface area contributed by atoms with Crippen molar-refractivity contribution in [2.24, 2.45) is 5.73 Å². The molecule has 3 aliphatic rings. The molecule has 10 heteroatoms. The summed E-state index contributed by atoms with van der Waals surface area (Å²) in [5.74, 6) is 1.03. The quantitative estimate of drug-likeness (QED) is 0.586. The Bertz CT molecular complexity index is 1290. The molecule has 188 valence electrons. The lowest BCUT2D eigenvalue weighted by molar-refractivity contribution is -0.0583. The molecule has 6 rings (SSSR count). The number of rotatable bonds is 4. The van der Waals surface area contributed by atoms with Gasteiger partial charge in [0.05, 0.1) is 50.1 Å². The third-order valence-electron chi connectivity index (χ3n) is 7.21. The van der Waals surface area contributed by atoms with Crippen molar-refractivity contribution in [1.82, 2.24) is 15.0 Å². The molecule has 2 atom stereocenters. The normalized spacial score (nSPS) is 24.5. The van der Waals surface area contributed by atoms with Crippen LogP contribution in [0.2, 0.25) is 0 Å². The fourth-order valence-electron chi connectivity index (χ4n) is 5.22. The number of morpholine rings is 2. The molecule has 0 unspecified atom stereocenters. The second-order valence-corrected chi connectivity index (χ2v) is 9.73. The number of nitrogens with two attached hydrogens (primary N) is 1. The van der Waals surface area contributed by atoms with Crippen molar-refractivity contribution in [1.29, 1.82) is 0 Å². The Morgan fingerprint density at radius 3 is 2.81 bits per heavy atom. The van der Waals surface area contributed by atoms with Gasteiger partial charge >= 0.3 is 0 Å². The molecule has 3 aliphatic heterocycles. The zero-order chi connectivity index (χ0) is 24.7. The summed E-state index contributed by atoms with van der Waals surface area (Å²) in [7, 11) is 0. The number of benzene rings is 1. The minimum Gasteiger partial charge on any atom is -0.378 e. The Labute approximate surface area is 209 Å². The predicted octanol–water partition coefficient (Wildman–Crippen LogP) is 2.01. The predicted molar refractivity (Wildman–Crippen MR) is 135 cm³/mol. The number of carbonyl (C=O) groups is 1. The van der Waals surface area contributed by atoms with Gasteiger partial charge in [-0.1, -0.05) is 12.1 Å². The van der Waals surface area contributed by atoms with Crippen LogP contribution in [0.3, 0.4) is 0 Å². The number of aromatic nitrogens is 3. The molecule has 2 N–H and O–H groups in total. The lowest BCUT2D eigenvalue weighted by Crippen LogP contribution is -2.53. The SMILES string of the molecule is C[C@H]1COCCN1c1nc(N2CCO[C@@]3(CCOC3)C2)nc2nc(-c3cccc(C(N)=O)c3)ccc12. The van der Waals surface area contributed by atoms with Gasteiger partial charge in [-0.05, 0) is 31.2 Å². The molecule has 3 saturated heterocycles. The number of hydrogen-bond acceptors (Lipinski definition) is 9. The van der Waals surface area contributed by atoms with Crippen LogP contribution in [0.1, 0.15) is 23.7 Å². The van der Waals surface area contributed by atoms with Gasteiger partial charge < -0.3 is 29.7 Å². The molecule has 10 nitrogen and oxygen atoms in total. The topological polar surface area (TPSA) is 116 Å². The number of hydrogen-bond donors (Lipinski definition) is 1. The molecule has 1 aromatic carbocycles. The van der Waals surface area contributed by atoms with E-state index in [1.165, 1.54) is 0 Å². The molecule has 0 aliphatic carbocycles. The number of fused-ring (bicyclic) bond motifs is 1. The van der Waals surface area contributed by atoms with Crippen molar-refractivity contribution in [3.05, 3.63) is 42.0 Å². The summed E-state index contributed by atoms with van der Waals surface area (Å²) in [5.41, 5.74) is 7.77. The second kappa shape index (κ2) is 9.27. The van der Waals surface area contributed by atoms with Crippen LogP contribution in [-0.2, 0) is 14.2 Å². The Kier molecular flexibility index (Phi) is 5.94. The van der Waals surface area contributed by atoms with Gasteiger partial charge in [-0.2, -0.15) is 9.97 Å². The third kappa shape index (κ3) is 4.25. The molecule has 0 saturated carbocycles. The largest absolute Gasteiger partial charge is 0.378 e. The monoisotopic (exact) mass is 490 g/mol. The van der Waals surface area contributed by atoms with Crippen molar-refractivity contribution in [3.8, 4) is 11.3 Å². The zero-order valence-corrected chi connectivity index (χ0v) is 20.4. The van der Waals surface area contributed by atoms with Gasteiger partial charge in [0, 0.05) is 37.2 Å². The van der Waals surface area contributed by atoms with Crippen LogP contribution < -0.4 is 15.5 Å². The van der Waals surface area contributed by atoms with Crippen LogP contribution in [-0.4, -0.2) is 85.2 Å². The number of ether oxygens (including phenoxy) is 3. The summed E-state index contributed by atoms with van der Waals surface area (Å²) < 4.78 is 17.5. The summed E-state index contributed by atoms with van der Waals surface area (Å²) in [6.07, 6.45) is 0.864. The van der Waals surface area contributed by atoms with Crippen molar-refractivity contribution >= 4 is 28.7 Å². The number of pyridine rings is 1. The number of carbonyl (C=O) groups excluding carboxylic acids is 1. The van der Waals surface area contributed by atoms with Crippen LogP contribution >= 0.6 is 0 Å². The fourth-order valence-corrected chi connectivity index (χ4v) is 5.22. The van der Waals surface area contributed by atoms with E-state index in [9.17, 15) is 4.79 Å². The third-order valence-corrected chi connectivity index (χ3v) is 7.21. The van der Waals surface area contributed by atoms with E-state index in [0.717, 1.165) is 35.4 Å². The highest BCUT2D eigenvalue weighted by Gasteiger charge is 2.41. The van der Waals surface area contributed by atoms with Gasteiger partial charge in [-0.25, -0.2) is 4.98 Å². The first-order valence-corrected chi connectivity index (χ1v) is 12.4. The molecule has 0 bridgehead atoms. The maximum atomic E-state index is 11.7. The zero-order valence-electron chi connectivity index (χ0n) is 20.4. The van der Waals surface area contributed by atoms with Crippen LogP contribution in [0, 0.1) is 0 Å². The van der Waals surface area contributed by atoms with E-state index in [-0.39, 0.29) is 11.6 Å². The summed E-state index contributed by atoms with van der Waals surface area (Å²) >= 11 is 0. The number of anilines is 2. The maximum absolute atomic E-state index is 11.7. The molecule has 3 fully saturated rings. The van der Waals surface area contributed by atoms with Gasteiger partial charge in [0.2, 0.25) is 11.9 Å². The highest BCUT2D eigenvalue weighted by Crippen LogP contribution is 2.33. The van der Waals surface area contributed by atoms with Gasteiger partial charge in [0.1, 0.15) is 11.4 Å². The number of amides is 1. The standard InChI is InChI=1S/C26H30N6O4/c1-17-14-34-11-9-32(17)24-20-5-6-21(18-3-2-4-19(13-18)22(27)33)28-23(20)29-25(30-24)31-8-12-36-26(15-31)7-10-35-16-26/h2-6,13,17H,7-12,14-16H2,1H3,(H2,27,33)/t17-,26-/m0/s1. The smallest absolute Gasteiger partial charge is 0.248 e. The van der Waals surface area contributed by atoms with Gasteiger partial charge in [-0.3, -0.25) is 4.79 Å². The Morgan fingerprint density at radius 2 is 2.00 bits per heavy atom. The van der Waals surface area contributed by atoms with Crippen molar-refractivity contribution in [3.63, 3.8) is 0 Å². The lowest BCUT2D eigenvalue weighted by Gasteiger charge is -2.40. The van der Waals surface area contributed by atoms with Crippen LogP contribution in [0.5, 0.6) is 0 Å². The van der Waals surface area contributed by atoms with E-state index < -0.39 is 5.91 Å². The molecule has 2 aromatic heterocycles. The molecule has 36 heavy (non-hydrogen) atoms. The van der Waals surface area contributed by atoms with Crippen LogP contribution in [0.15, 0.2) is 36.4 Å². The van der Waals surface area contributed by atoms with Crippen molar-refractivity contribution < 1.29 is 19.0 Å². The molecule has 0 radical (unpaired) electrons. The van der Waals surface area contributed by atoms with Gasteiger partial charge in [0.15, 0.2) is 5.65 Å². The first kappa shape index (κ1) is 23.1. The van der Waals surface area contributed by atoms with E-state index in [0.29, 0.717) is 63.3 Å². The Balaban J connectivity index is 1.45. The van der Waals surface area contributed by atoms with E-state index in [4.69, 9.17) is 34.9 Å². The summed E-state index contributed by atoms with van der Waals surface area (Å²) in [5, 5.41) is 0.884. The van der Waals surface area contributed by atoms with Crippen LogP contribution in [0.25, 0.3) is 22.3 Å². The number of primary amides is 1. The maximum Gasteiger partial charge on any atom is 0.248 e. The van der Waals surface area contributed by atoms with E-state index in [1.54, 1.807) is 12.1 Å². The van der Waals surface area contributed by atoms with Gasteiger partial charge in [0.25, 0.3) is 0 Å². The minimum atomic E-state index is -0.469. The minimum absolute atomic E-state index is 0.177. The Hall–Kier alpha value is -3.34. The fraction of sp³-hybridized carbons (Fsp3) is 0.462. The van der Waals surface area contributed by atoms with Gasteiger partial charge in [-0.15, -0.1) is 0 Å². The average Bonchev–Trinajstić information content (AvgIpc) is 3.35.